The molecule has 1 aromatic heterocycles. The summed E-state index contributed by atoms with van der Waals surface area (Å²) in [5.74, 6) is 1.57. The molecule has 0 bridgehead atoms. The number of hydrogen-bond donors (Lipinski definition) is 0. The van der Waals surface area contributed by atoms with Crippen molar-refractivity contribution in [2.45, 2.75) is 5.16 Å². The van der Waals surface area contributed by atoms with Crippen LogP contribution in [0.5, 0.6) is 0 Å². The van der Waals surface area contributed by atoms with Crippen molar-refractivity contribution in [3.63, 3.8) is 0 Å². The Kier molecular flexibility index (Phi) is 3.56. The van der Waals surface area contributed by atoms with E-state index in [-0.39, 0.29) is 0 Å². The van der Waals surface area contributed by atoms with Crippen molar-refractivity contribution in [3.05, 3.63) is 64.6 Å². The van der Waals surface area contributed by atoms with Gasteiger partial charge in [0.25, 0.3) is 0 Å². The van der Waals surface area contributed by atoms with Gasteiger partial charge in [0, 0.05) is 15.8 Å². The Balaban J connectivity index is 1.82. The predicted octanol–water partition coefficient (Wildman–Crippen LogP) is 4.07. The number of thioether (sulfide) groups is 1. The van der Waals surface area contributed by atoms with Crippen LogP contribution in [-0.4, -0.2) is 26.3 Å². The molecule has 2 heterocycles. The fourth-order valence-electron chi connectivity index (χ4n) is 2.31. The highest BCUT2D eigenvalue weighted by molar-refractivity contribution is 9.10. The summed E-state index contributed by atoms with van der Waals surface area (Å²) in [5, 5.41) is 14.1. The first-order chi connectivity index (χ1) is 10.8. The van der Waals surface area contributed by atoms with E-state index in [2.05, 4.69) is 38.3 Å². The first kappa shape index (κ1) is 13.7. The number of nitrogens with zero attached hydrogens (tertiary/aromatic N) is 4. The van der Waals surface area contributed by atoms with Gasteiger partial charge in [0.1, 0.15) is 0 Å². The number of halogens is 1. The Labute approximate surface area is 140 Å². The lowest BCUT2D eigenvalue weighted by atomic mass is 10.1. The number of rotatable bonds is 2. The topological polar surface area (TPSA) is 43.1 Å². The van der Waals surface area contributed by atoms with Gasteiger partial charge in [-0.2, -0.15) is 9.78 Å². The van der Waals surface area contributed by atoms with Crippen molar-refractivity contribution in [2.24, 2.45) is 5.10 Å². The molecular weight excluding hydrogens is 360 g/mol. The highest BCUT2D eigenvalue weighted by Crippen LogP contribution is 2.29. The second-order valence-electron chi connectivity index (χ2n) is 4.83. The molecule has 0 N–H and O–H groups in total. The van der Waals surface area contributed by atoms with Gasteiger partial charge in [-0.1, -0.05) is 70.2 Å². The molecule has 0 atom stereocenters. The lowest BCUT2D eigenvalue weighted by Crippen LogP contribution is -2.13. The molecule has 0 unspecified atom stereocenters. The van der Waals surface area contributed by atoms with Crippen molar-refractivity contribution in [2.75, 3.05) is 5.75 Å². The normalized spacial score (nSPS) is 13.6. The maximum absolute atomic E-state index is 4.75. The smallest absolute Gasteiger partial charge is 0.187 e. The standard InChI is InChI=1S/C16H11BrN4S/c17-13-8-4-7-12(9-13)15-18-19-16-21(15)20-14(10-22-16)11-5-2-1-3-6-11/h1-9H,10H2. The van der Waals surface area contributed by atoms with Crippen LogP contribution in [-0.2, 0) is 0 Å². The molecular formula is C16H11BrN4S. The van der Waals surface area contributed by atoms with E-state index in [0.29, 0.717) is 0 Å². The summed E-state index contributed by atoms with van der Waals surface area (Å²) in [6, 6.07) is 18.2. The second-order valence-corrected chi connectivity index (χ2v) is 6.69. The molecule has 6 heteroatoms. The van der Waals surface area contributed by atoms with E-state index in [0.717, 1.165) is 38.0 Å². The molecule has 4 nitrogen and oxygen atoms in total. The molecule has 0 radical (unpaired) electrons. The Morgan fingerprint density at radius 3 is 2.59 bits per heavy atom. The highest BCUT2D eigenvalue weighted by atomic mass is 79.9. The van der Waals surface area contributed by atoms with Crippen LogP contribution in [0.2, 0.25) is 0 Å². The van der Waals surface area contributed by atoms with Crippen molar-refractivity contribution >= 4 is 33.4 Å². The third-order valence-corrected chi connectivity index (χ3v) is 4.78. The highest BCUT2D eigenvalue weighted by Gasteiger charge is 2.20. The molecule has 1 aliphatic rings. The van der Waals surface area contributed by atoms with E-state index in [1.165, 1.54) is 0 Å². The fraction of sp³-hybridized carbons (Fsp3) is 0.0625. The molecule has 4 rings (SSSR count). The fourth-order valence-corrected chi connectivity index (χ4v) is 3.54. The molecule has 0 aliphatic carbocycles. The van der Waals surface area contributed by atoms with Crippen LogP contribution >= 0.6 is 27.7 Å². The molecule has 2 aromatic carbocycles. The lowest BCUT2D eigenvalue weighted by molar-refractivity contribution is 0.762. The molecule has 1 aliphatic heterocycles. The first-order valence-corrected chi connectivity index (χ1v) is 8.56. The molecule has 3 aromatic rings. The summed E-state index contributed by atoms with van der Waals surface area (Å²) in [4.78, 5) is 0. The molecule has 0 saturated carbocycles. The lowest BCUT2D eigenvalue weighted by Gasteiger charge is -2.13. The quantitative estimate of drug-likeness (QED) is 0.682. The molecule has 0 spiro atoms. The Morgan fingerprint density at radius 1 is 0.955 bits per heavy atom. The zero-order valence-corrected chi connectivity index (χ0v) is 13.9. The summed E-state index contributed by atoms with van der Waals surface area (Å²) in [5.41, 5.74) is 3.16. The predicted molar refractivity (Wildman–Crippen MR) is 92.3 cm³/mol. The van der Waals surface area contributed by atoms with Crippen LogP contribution in [0.25, 0.3) is 11.4 Å². The maximum atomic E-state index is 4.75. The van der Waals surface area contributed by atoms with E-state index in [9.17, 15) is 0 Å². The van der Waals surface area contributed by atoms with Gasteiger partial charge in [0.15, 0.2) is 5.82 Å². The third kappa shape index (κ3) is 2.48. The monoisotopic (exact) mass is 370 g/mol. The zero-order valence-electron chi connectivity index (χ0n) is 11.5. The van der Waals surface area contributed by atoms with Crippen LogP contribution in [0.15, 0.2) is 69.3 Å². The summed E-state index contributed by atoms with van der Waals surface area (Å²) in [6.07, 6.45) is 0. The van der Waals surface area contributed by atoms with Crippen LogP contribution in [0.1, 0.15) is 5.56 Å². The van der Waals surface area contributed by atoms with E-state index >= 15 is 0 Å². The summed E-state index contributed by atoms with van der Waals surface area (Å²) in [6.45, 7) is 0. The summed E-state index contributed by atoms with van der Waals surface area (Å²) < 4.78 is 2.84. The number of hydrogen-bond acceptors (Lipinski definition) is 4. The van der Waals surface area contributed by atoms with Gasteiger partial charge in [0.05, 0.1) is 5.71 Å². The van der Waals surface area contributed by atoms with Crippen LogP contribution in [0.3, 0.4) is 0 Å². The van der Waals surface area contributed by atoms with E-state index in [1.807, 2.05) is 47.1 Å². The molecule has 0 saturated heterocycles. The van der Waals surface area contributed by atoms with E-state index in [1.54, 1.807) is 11.8 Å². The molecule has 0 fully saturated rings. The molecule has 108 valence electrons. The van der Waals surface area contributed by atoms with Gasteiger partial charge < -0.3 is 0 Å². The number of aromatic nitrogens is 3. The van der Waals surface area contributed by atoms with Gasteiger partial charge in [-0.05, 0) is 17.7 Å². The Hall–Kier alpha value is -1.92. The third-order valence-electron chi connectivity index (χ3n) is 3.36. The molecule has 22 heavy (non-hydrogen) atoms. The maximum Gasteiger partial charge on any atom is 0.212 e. The van der Waals surface area contributed by atoms with Crippen molar-refractivity contribution in [1.82, 2.24) is 14.9 Å². The van der Waals surface area contributed by atoms with E-state index in [4.69, 9.17) is 5.10 Å². The number of benzene rings is 2. The van der Waals surface area contributed by atoms with Gasteiger partial charge in [-0.25, -0.2) is 0 Å². The van der Waals surface area contributed by atoms with Crippen molar-refractivity contribution in [1.29, 1.82) is 0 Å². The van der Waals surface area contributed by atoms with Crippen LogP contribution in [0, 0.1) is 0 Å². The summed E-state index contributed by atoms with van der Waals surface area (Å²) in [7, 11) is 0. The first-order valence-electron chi connectivity index (χ1n) is 6.79. The van der Waals surface area contributed by atoms with Gasteiger partial charge >= 0.3 is 0 Å². The number of fused-ring (bicyclic) bond motifs is 1. The minimum absolute atomic E-state index is 0.761. The van der Waals surface area contributed by atoms with E-state index < -0.39 is 0 Å². The van der Waals surface area contributed by atoms with Gasteiger partial charge in [-0.15, -0.1) is 10.2 Å². The Bertz CT molecular complexity index is 858. The SMILES string of the molecule is Brc1cccc(-c2nnc3n2N=C(c2ccccc2)CS3)c1. The van der Waals surface area contributed by atoms with Gasteiger partial charge in [-0.3, -0.25) is 0 Å². The van der Waals surface area contributed by atoms with Crippen molar-refractivity contribution < 1.29 is 0 Å². The zero-order chi connectivity index (χ0) is 14.9. The van der Waals surface area contributed by atoms with Crippen LogP contribution in [0.4, 0.5) is 0 Å². The van der Waals surface area contributed by atoms with Gasteiger partial charge in [0.2, 0.25) is 5.16 Å². The van der Waals surface area contributed by atoms with Crippen molar-refractivity contribution in [3.8, 4) is 11.4 Å². The average molecular weight is 371 g/mol. The van der Waals surface area contributed by atoms with Crippen LogP contribution < -0.4 is 0 Å². The summed E-state index contributed by atoms with van der Waals surface area (Å²) >= 11 is 5.15. The minimum Gasteiger partial charge on any atom is -0.187 e. The largest absolute Gasteiger partial charge is 0.212 e. The minimum atomic E-state index is 0.761. The molecule has 0 amide bonds. The Morgan fingerprint density at radius 2 is 1.77 bits per heavy atom. The second kappa shape index (κ2) is 5.70. The average Bonchev–Trinajstić information content (AvgIpc) is 2.99.